The number of rotatable bonds is 4. The number of hydrogen-bond donors (Lipinski definition) is 1. The van der Waals surface area contributed by atoms with Gasteiger partial charge in [0.2, 0.25) is 0 Å². The number of aromatic nitrogens is 2. The first-order chi connectivity index (χ1) is 10.9. The van der Waals surface area contributed by atoms with Crippen LogP contribution in [0, 0.1) is 0 Å². The molecule has 0 fully saturated rings. The van der Waals surface area contributed by atoms with E-state index < -0.39 is 9.62 Å². The normalized spacial score (nSPS) is 16.7. The minimum absolute atomic E-state index is 0.788. The third-order valence-corrected chi connectivity index (χ3v) is 9.89. The Morgan fingerprint density at radius 1 is 0.864 bits per heavy atom. The van der Waals surface area contributed by atoms with Crippen molar-refractivity contribution in [1.82, 2.24) is 10.2 Å². The van der Waals surface area contributed by atoms with Gasteiger partial charge in [0.25, 0.3) is 0 Å². The van der Waals surface area contributed by atoms with Crippen LogP contribution in [0.1, 0.15) is 0 Å². The second-order valence-electron chi connectivity index (χ2n) is 4.46. The molecule has 0 amide bonds. The monoisotopic (exact) mass is 348 g/mol. The van der Waals surface area contributed by atoms with E-state index in [9.17, 15) is 0 Å². The summed E-state index contributed by atoms with van der Waals surface area (Å²) in [6, 6.07) is 19.5. The first kappa shape index (κ1) is 13.9. The van der Waals surface area contributed by atoms with Crippen molar-refractivity contribution in [1.29, 1.82) is 0 Å². The lowest BCUT2D eigenvalue weighted by atomic mass is 10.3. The Kier molecular flexibility index (Phi) is 3.69. The molecule has 0 bridgehead atoms. The van der Waals surface area contributed by atoms with Gasteiger partial charge >= 0.3 is 0 Å². The van der Waals surface area contributed by atoms with Crippen LogP contribution in [-0.2, 0) is 0 Å². The van der Waals surface area contributed by atoms with Gasteiger partial charge in [0.1, 0.15) is 9.92 Å². The topological polar surface area (TPSA) is 47.1 Å². The number of nitrogens with zero attached hydrogens (tertiary/aromatic N) is 1. The molecule has 0 spiro atoms. The Labute approximate surface area is 137 Å². The summed E-state index contributed by atoms with van der Waals surface area (Å²) in [5, 5.41) is 8.11. The van der Waals surface area contributed by atoms with Crippen molar-refractivity contribution < 1.29 is 8.37 Å². The predicted octanol–water partition coefficient (Wildman–Crippen LogP) is 5.23. The van der Waals surface area contributed by atoms with Crippen LogP contribution in [0.5, 0.6) is 11.5 Å². The molecule has 0 saturated heterocycles. The lowest BCUT2D eigenvalue weighted by Gasteiger charge is -2.36. The van der Waals surface area contributed by atoms with Gasteiger partial charge in [-0.05, 0) is 44.7 Å². The van der Waals surface area contributed by atoms with E-state index in [1.54, 1.807) is 26.8 Å². The van der Waals surface area contributed by atoms with E-state index in [0.29, 0.717) is 0 Å². The number of para-hydroxylation sites is 2. The first-order valence-corrected chi connectivity index (χ1v) is 10.7. The van der Waals surface area contributed by atoms with Crippen molar-refractivity contribution >= 4 is 30.2 Å². The highest BCUT2D eigenvalue weighted by atomic mass is 33.5. The third-order valence-electron chi connectivity index (χ3n) is 2.95. The molecule has 7 heteroatoms. The molecule has 1 aromatic heterocycles. The molecule has 4 rings (SSSR count). The highest BCUT2D eigenvalue weighted by Gasteiger charge is 2.39. The molecule has 2 heterocycles. The average Bonchev–Trinajstić information content (AvgIpc) is 3.14. The van der Waals surface area contributed by atoms with Crippen LogP contribution in [0.15, 0.2) is 76.8 Å². The van der Waals surface area contributed by atoms with Gasteiger partial charge in [-0.15, -0.1) is 0 Å². The predicted molar refractivity (Wildman–Crippen MR) is 92.0 cm³/mol. The van der Waals surface area contributed by atoms with Crippen molar-refractivity contribution in [2.24, 2.45) is 0 Å². The van der Waals surface area contributed by atoms with Gasteiger partial charge in [0.05, 0.1) is 16.0 Å². The molecule has 1 N–H and O–H groups in total. The SMILES string of the molecule is c1ccc(OS2(Oc3ccccc3)SSc3[nH]ncc32)cc1. The quantitative estimate of drug-likeness (QED) is 0.654. The zero-order valence-electron chi connectivity index (χ0n) is 11.3. The lowest BCUT2D eigenvalue weighted by Crippen LogP contribution is -2.09. The van der Waals surface area contributed by atoms with Gasteiger partial charge in [-0.2, -0.15) is 5.10 Å². The molecule has 2 aromatic carbocycles. The van der Waals surface area contributed by atoms with Crippen LogP contribution in [0.3, 0.4) is 0 Å². The van der Waals surface area contributed by atoms with Gasteiger partial charge < -0.3 is 8.37 Å². The molecule has 1 aliphatic rings. The van der Waals surface area contributed by atoms with Crippen LogP contribution in [0.4, 0.5) is 0 Å². The van der Waals surface area contributed by atoms with Crippen LogP contribution in [-0.4, -0.2) is 10.2 Å². The maximum Gasteiger partial charge on any atom is 0.153 e. The largest absolute Gasteiger partial charge is 0.368 e. The molecule has 3 aromatic rings. The van der Waals surface area contributed by atoms with Gasteiger partial charge in [-0.25, -0.2) is 0 Å². The fraction of sp³-hybridized carbons (Fsp3) is 0. The fourth-order valence-electron chi connectivity index (χ4n) is 1.96. The van der Waals surface area contributed by atoms with Crippen LogP contribution < -0.4 is 8.37 Å². The van der Waals surface area contributed by atoms with Gasteiger partial charge in [0, 0.05) is 0 Å². The number of H-pyrrole nitrogens is 1. The van der Waals surface area contributed by atoms with Gasteiger partial charge in [-0.1, -0.05) is 36.4 Å². The summed E-state index contributed by atoms with van der Waals surface area (Å²) >= 11 is 0. The zero-order valence-corrected chi connectivity index (χ0v) is 13.8. The van der Waals surface area contributed by atoms with Crippen molar-refractivity contribution in [2.45, 2.75) is 9.92 Å². The maximum absolute atomic E-state index is 6.29. The molecule has 112 valence electrons. The smallest absolute Gasteiger partial charge is 0.153 e. The van der Waals surface area contributed by atoms with Gasteiger partial charge in [0.15, 0.2) is 11.5 Å². The molecule has 0 radical (unpaired) electrons. The Morgan fingerprint density at radius 2 is 1.45 bits per heavy atom. The summed E-state index contributed by atoms with van der Waals surface area (Å²) in [6.07, 6.45) is 1.80. The Bertz CT molecular complexity index is 723. The zero-order chi connectivity index (χ0) is 14.8. The lowest BCUT2D eigenvalue weighted by molar-refractivity contribution is 0.511. The molecule has 0 atom stereocenters. The molecule has 0 aliphatic carbocycles. The van der Waals surface area contributed by atoms with E-state index in [1.165, 1.54) is 0 Å². The molecular weight excluding hydrogens is 336 g/mol. The minimum atomic E-state index is -2.00. The third kappa shape index (κ3) is 2.55. The summed E-state index contributed by atoms with van der Waals surface area (Å²) < 4.78 is 12.6. The Balaban J connectivity index is 1.73. The van der Waals surface area contributed by atoms with E-state index in [4.69, 9.17) is 8.37 Å². The number of benzene rings is 2. The fourth-order valence-corrected chi connectivity index (χ4v) is 9.30. The summed E-state index contributed by atoms with van der Waals surface area (Å²) in [6.45, 7) is 0. The van der Waals surface area contributed by atoms with Crippen molar-refractivity contribution in [3.8, 4) is 11.5 Å². The first-order valence-electron chi connectivity index (χ1n) is 6.58. The molecule has 0 saturated carbocycles. The van der Waals surface area contributed by atoms with E-state index in [0.717, 1.165) is 21.4 Å². The second kappa shape index (κ2) is 5.83. The van der Waals surface area contributed by atoms with Gasteiger partial charge in [-0.3, -0.25) is 5.10 Å². The number of fused-ring (bicyclic) bond motifs is 1. The van der Waals surface area contributed by atoms with Crippen molar-refractivity contribution in [2.75, 3.05) is 0 Å². The summed E-state index contributed by atoms with van der Waals surface area (Å²) in [4.78, 5) is 0.982. The van der Waals surface area contributed by atoms with Crippen LogP contribution in [0.2, 0.25) is 0 Å². The van der Waals surface area contributed by atoms with E-state index >= 15 is 0 Å². The van der Waals surface area contributed by atoms with E-state index in [2.05, 4.69) is 10.2 Å². The standard InChI is InChI=1S/C15H12N2O2S3/c1-3-7-12(8-4-1)18-22(19-13-9-5-2-6-10-13)14-11-16-17-15(14)20-21-22/h1-11H,(H,16,17). The summed E-state index contributed by atoms with van der Waals surface area (Å²) in [5.74, 6) is 1.58. The van der Waals surface area contributed by atoms with Crippen LogP contribution >= 0.6 is 30.2 Å². The highest BCUT2D eigenvalue weighted by Crippen LogP contribution is 2.77. The molecular formula is C15H12N2O2S3. The van der Waals surface area contributed by atoms with E-state index in [1.807, 2.05) is 60.7 Å². The van der Waals surface area contributed by atoms with Crippen LogP contribution in [0.25, 0.3) is 0 Å². The average molecular weight is 348 g/mol. The summed E-state index contributed by atoms with van der Waals surface area (Å²) in [7, 11) is 1.21. The Morgan fingerprint density at radius 3 is 2.05 bits per heavy atom. The molecule has 1 aliphatic heterocycles. The minimum Gasteiger partial charge on any atom is -0.368 e. The summed E-state index contributed by atoms with van der Waals surface area (Å²) in [5.41, 5.74) is 0. The van der Waals surface area contributed by atoms with E-state index in [-0.39, 0.29) is 0 Å². The number of hydrogen-bond acceptors (Lipinski definition) is 5. The number of nitrogens with one attached hydrogen (secondary N) is 1. The maximum atomic E-state index is 6.29. The number of aromatic amines is 1. The molecule has 22 heavy (non-hydrogen) atoms. The van der Waals surface area contributed by atoms with Crippen molar-refractivity contribution in [3.63, 3.8) is 0 Å². The second-order valence-corrected chi connectivity index (χ2v) is 10.3. The highest BCUT2D eigenvalue weighted by molar-refractivity contribution is 9.18. The van der Waals surface area contributed by atoms with Crippen molar-refractivity contribution in [3.05, 3.63) is 66.9 Å². The molecule has 0 unspecified atom stereocenters. The molecule has 4 nitrogen and oxygen atoms in total. The Hall–Kier alpha value is -1.70.